The number of hydrogen-bond donors (Lipinski definition) is 0. The Kier molecular flexibility index (Phi) is 1.69. The Morgan fingerprint density at radius 3 is 2.15 bits per heavy atom. The monoisotopic (exact) mass is 188 g/mol. The van der Waals surface area contributed by atoms with Gasteiger partial charge in [-0.2, -0.15) is 13.2 Å². The van der Waals surface area contributed by atoms with Gasteiger partial charge in [0, 0.05) is 0 Å². The van der Waals surface area contributed by atoms with Crippen LogP contribution in [0, 0.1) is 0 Å². The van der Waals surface area contributed by atoms with Crippen molar-refractivity contribution in [1.29, 1.82) is 0 Å². The second-order valence-electron chi connectivity index (χ2n) is 2.74. The Bertz CT molecular complexity index is 296. The van der Waals surface area contributed by atoms with Crippen molar-refractivity contribution in [3.05, 3.63) is 30.3 Å². The maximum atomic E-state index is 12.1. The minimum atomic E-state index is -4.25. The van der Waals surface area contributed by atoms with E-state index in [0.717, 1.165) is 0 Å². The van der Waals surface area contributed by atoms with E-state index in [1.807, 2.05) is 0 Å². The highest BCUT2D eigenvalue weighted by molar-refractivity contribution is 5.48. The Morgan fingerprint density at radius 1 is 1.08 bits per heavy atom. The third-order valence-corrected chi connectivity index (χ3v) is 1.82. The predicted molar refractivity (Wildman–Crippen MR) is 41.7 cm³/mol. The van der Waals surface area contributed by atoms with Gasteiger partial charge in [0.15, 0.2) is 0 Å². The number of rotatable bonds is 1. The minimum Gasteiger partial charge on any atom is -0.280 e. The molecule has 0 spiro atoms. The summed E-state index contributed by atoms with van der Waals surface area (Å²) < 4.78 is 36.2. The summed E-state index contributed by atoms with van der Waals surface area (Å²) in [4.78, 5) is 0. The van der Waals surface area contributed by atoms with Gasteiger partial charge in [0.1, 0.15) is 6.67 Å². The lowest BCUT2D eigenvalue weighted by atomic mass is 10.3. The van der Waals surface area contributed by atoms with Crippen LogP contribution in [0.4, 0.5) is 18.9 Å². The van der Waals surface area contributed by atoms with E-state index in [0.29, 0.717) is 10.7 Å². The largest absolute Gasteiger partial charge is 0.479 e. The SMILES string of the molecule is FC(F)(F)N1CN1c1ccccc1. The molecule has 1 heterocycles. The summed E-state index contributed by atoms with van der Waals surface area (Å²) in [6, 6.07) is 8.48. The van der Waals surface area contributed by atoms with Gasteiger partial charge in [0.2, 0.25) is 0 Å². The van der Waals surface area contributed by atoms with Gasteiger partial charge in [-0.15, -0.1) is 5.01 Å². The first kappa shape index (κ1) is 8.37. The summed E-state index contributed by atoms with van der Waals surface area (Å²) in [5.74, 6) is 0. The minimum absolute atomic E-state index is 0.0759. The summed E-state index contributed by atoms with van der Waals surface area (Å²) in [7, 11) is 0. The molecule has 1 aromatic rings. The second-order valence-corrected chi connectivity index (χ2v) is 2.74. The maximum Gasteiger partial charge on any atom is 0.479 e. The number of anilines is 1. The highest BCUT2D eigenvalue weighted by atomic mass is 19.4. The van der Waals surface area contributed by atoms with E-state index in [1.165, 1.54) is 5.01 Å². The standard InChI is InChI=1S/C8H7F3N2/c9-8(10,11)13-6-12(13)7-4-2-1-3-5-7/h1-5H,6H2. The van der Waals surface area contributed by atoms with E-state index < -0.39 is 6.30 Å². The molecule has 2 rings (SSSR count). The van der Waals surface area contributed by atoms with Crippen LogP contribution < -0.4 is 5.01 Å². The summed E-state index contributed by atoms with van der Waals surface area (Å²) in [5, 5.41) is 1.52. The number of nitrogens with zero attached hydrogens (tertiary/aromatic N) is 2. The lowest BCUT2D eigenvalue weighted by Crippen LogP contribution is -2.24. The fraction of sp³-hybridized carbons (Fsp3) is 0.250. The zero-order valence-corrected chi connectivity index (χ0v) is 6.62. The molecule has 0 N–H and O–H groups in total. The number of hydrazine groups is 1. The van der Waals surface area contributed by atoms with Gasteiger partial charge >= 0.3 is 6.30 Å². The summed E-state index contributed by atoms with van der Waals surface area (Å²) >= 11 is 0. The molecule has 1 atom stereocenters. The van der Waals surface area contributed by atoms with Crippen LogP contribution in [-0.4, -0.2) is 18.0 Å². The third kappa shape index (κ3) is 1.60. The lowest BCUT2D eigenvalue weighted by Gasteiger charge is -2.08. The molecule has 1 fully saturated rings. The predicted octanol–water partition coefficient (Wildman–Crippen LogP) is 2.20. The van der Waals surface area contributed by atoms with Gasteiger partial charge in [0.05, 0.1) is 5.69 Å². The van der Waals surface area contributed by atoms with E-state index in [1.54, 1.807) is 30.3 Å². The first-order valence-electron chi connectivity index (χ1n) is 3.76. The number of halogens is 3. The quantitative estimate of drug-likeness (QED) is 0.492. The lowest BCUT2D eigenvalue weighted by molar-refractivity contribution is -0.205. The second kappa shape index (κ2) is 2.63. The molecule has 0 radical (unpaired) electrons. The van der Waals surface area contributed by atoms with Crippen LogP contribution in [0.25, 0.3) is 0 Å². The van der Waals surface area contributed by atoms with Gasteiger partial charge in [-0.25, -0.2) is 0 Å². The topological polar surface area (TPSA) is 6.02 Å². The molecular weight excluding hydrogens is 181 g/mol. The van der Waals surface area contributed by atoms with Crippen molar-refractivity contribution in [3.8, 4) is 0 Å². The van der Waals surface area contributed by atoms with Gasteiger partial charge in [-0.3, -0.25) is 5.01 Å². The van der Waals surface area contributed by atoms with Crippen LogP contribution in [0.15, 0.2) is 30.3 Å². The molecule has 13 heavy (non-hydrogen) atoms. The van der Waals surface area contributed by atoms with Crippen molar-refractivity contribution in [2.24, 2.45) is 0 Å². The van der Waals surface area contributed by atoms with Gasteiger partial charge < -0.3 is 0 Å². The molecule has 1 aliphatic heterocycles. The fourth-order valence-corrected chi connectivity index (χ4v) is 1.14. The third-order valence-electron chi connectivity index (χ3n) is 1.82. The first-order valence-corrected chi connectivity index (χ1v) is 3.76. The molecule has 2 nitrogen and oxygen atoms in total. The van der Waals surface area contributed by atoms with Gasteiger partial charge in [-0.05, 0) is 12.1 Å². The van der Waals surface area contributed by atoms with Crippen LogP contribution >= 0.6 is 0 Å². The van der Waals surface area contributed by atoms with E-state index in [2.05, 4.69) is 0 Å². The zero-order valence-electron chi connectivity index (χ0n) is 6.62. The van der Waals surface area contributed by atoms with Crippen molar-refractivity contribution in [2.75, 3.05) is 11.7 Å². The highest BCUT2D eigenvalue weighted by Gasteiger charge is 2.52. The summed E-state index contributed by atoms with van der Waals surface area (Å²) in [6.07, 6.45) is -4.25. The number of para-hydroxylation sites is 1. The molecule has 5 heteroatoms. The Hall–Kier alpha value is -1.23. The van der Waals surface area contributed by atoms with Crippen LogP contribution in [-0.2, 0) is 0 Å². The molecule has 1 unspecified atom stereocenters. The fourth-order valence-electron chi connectivity index (χ4n) is 1.14. The Balaban J connectivity index is 2.09. The van der Waals surface area contributed by atoms with E-state index in [-0.39, 0.29) is 6.67 Å². The number of benzene rings is 1. The number of alkyl halides is 3. The Labute approximate surface area is 73.1 Å². The van der Waals surface area contributed by atoms with Crippen LogP contribution in [0.3, 0.4) is 0 Å². The Morgan fingerprint density at radius 2 is 1.69 bits per heavy atom. The van der Waals surface area contributed by atoms with Crippen molar-refractivity contribution < 1.29 is 13.2 Å². The van der Waals surface area contributed by atoms with E-state index >= 15 is 0 Å². The molecule has 0 amide bonds. The molecule has 0 saturated carbocycles. The maximum absolute atomic E-state index is 12.1. The average molecular weight is 188 g/mol. The van der Waals surface area contributed by atoms with E-state index in [9.17, 15) is 13.2 Å². The van der Waals surface area contributed by atoms with Crippen molar-refractivity contribution >= 4 is 5.69 Å². The van der Waals surface area contributed by atoms with Crippen molar-refractivity contribution in [3.63, 3.8) is 0 Å². The van der Waals surface area contributed by atoms with Gasteiger partial charge in [-0.1, -0.05) is 18.2 Å². The van der Waals surface area contributed by atoms with Crippen molar-refractivity contribution in [1.82, 2.24) is 5.01 Å². The first-order chi connectivity index (χ1) is 6.09. The number of hydrogen-bond acceptors (Lipinski definition) is 2. The average Bonchev–Trinajstić information content (AvgIpc) is 2.83. The molecule has 1 aliphatic rings. The molecule has 1 saturated heterocycles. The molecule has 0 aliphatic carbocycles. The summed E-state index contributed by atoms with van der Waals surface area (Å²) in [5.41, 5.74) is 0.569. The highest BCUT2D eigenvalue weighted by Crippen LogP contribution is 2.36. The van der Waals surface area contributed by atoms with Crippen LogP contribution in [0.5, 0.6) is 0 Å². The zero-order chi connectivity index (χ0) is 9.47. The van der Waals surface area contributed by atoms with Crippen molar-refractivity contribution in [2.45, 2.75) is 6.30 Å². The van der Waals surface area contributed by atoms with Crippen LogP contribution in [0.1, 0.15) is 0 Å². The normalized spacial score (nSPS) is 21.8. The smallest absolute Gasteiger partial charge is 0.280 e. The summed E-state index contributed by atoms with van der Waals surface area (Å²) in [6.45, 7) is -0.0759. The van der Waals surface area contributed by atoms with Gasteiger partial charge in [0.25, 0.3) is 0 Å². The van der Waals surface area contributed by atoms with E-state index in [4.69, 9.17) is 0 Å². The molecule has 70 valence electrons. The van der Waals surface area contributed by atoms with Crippen LogP contribution in [0.2, 0.25) is 0 Å². The molecular formula is C8H7F3N2. The molecule has 0 aromatic heterocycles. The molecule has 1 aromatic carbocycles. The molecule has 0 bridgehead atoms.